The summed E-state index contributed by atoms with van der Waals surface area (Å²) >= 11 is 0. The number of benzene rings is 1. The maximum Gasteiger partial charge on any atom is 0.123 e. The Balaban J connectivity index is 1.88. The number of nitrogens with one attached hydrogen (secondary N) is 1. The molecule has 1 atom stereocenters. The minimum Gasteiger partial charge on any atom is -0.493 e. The van der Waals surface area contributed by atoms with Crippen LogP contribution in [0, 0.1) is 0 Å². The molecule has 1 fully saturated rings. The summed E-state index contributed by atoms with van der Waals surface area (Å²) in [6.07, 6.45) is 5.09. The predicted octanol–water partition coefficient (Wildman–Crippen LogP) is 3.90. The van der Waals surface area contributed by atoms with E-state index < -0.39 is 0 Å². The van der Waals surface area contributed by atoms with Gasteiger partial charge in [-0.2, -0.15) is 0 Å². The van der Waals surface area contributed by atoms with Crippen LogP contribution in [0.5, 0.6) is 5.75 Å². The number of para-hydroxylation sites is 1. The van der Waals surface area contributed by atoms with Gasteiger partial charge in [-0.25, -0.2) is 0 Å². The van der Waals surface area contributed by atoms with Crippen LogP contribution < -0.4 is 10.1 Å². The number of hydrogen-bond acceptors (Lipinski definition) is 2. The molecule has 1 heterocycles. The van der Waals surface area contributed by atoms with E-state index in [0.29, 0.717) is 6.04 Å². The van der Waals surface area contributed by atoms with Crippen LogP contribution in [0.2, 0.25) is 0 Å². The van der Waals surface area contributed by atoms with E-state index in [1.54, 1.807) is 0 Å². The van der Waals surface area contributed by atoms with Gasteiger partial charge < -0.3 is 10.1 Å². The van der Waals surface area contributed by atoms with E-state index in [1.807, 2.05) is 0 Å². The maximum absolute atomic E-state index is 6.03. The van der Waals surface area contributed by atoms with E-state index in [-0.39, 0.29) is 5.41 Å². The first-order valence-electron chi connectivity index (χ1n) is 7.53. The number of hydrogen-bond donors (Lipinski definition) is 1. The van der Waals surface area contributed by atoms with Crippen LogP contribution in [0.1, 0.15) is 52.0 Å². The zero-order valence-electron chi connectivity index (χ0n) is 12.5. The van der Waals surface area contributed by atoms with Crippen molar-refractivity contribution in [1.29, 1.82) is 0 Å². The molecule has 1 N–H and O–H groups in total. The Kier molecular flexibility index (Phi) is 4.87. The lowest BCUT2D eigenvalue weighted by Gasteiger charge is -2.25. The molecule has 0 aromatic heterocycles. The summed E-state index contributed by atoms with van der Waals surface area (Å²) in [6.45, 7) is 8.68. The molecule has 1 aromatic carbocycles. The highest BCUT2D eigenvalue weighted by molar-refractivity contribution is 5.38. The zero-order valence-corrected chi connectivity index (χ0v) is 12.5. The van der Waals surface area contributed by atoms with Crippen molar-refractivity contribution in [2.24, 2.45) is 0 Å². The van der Waals surface area contributed by atoms with Gasteiger partial charge in [0.05, 0.1) is 6.61 Å². The molecule has 106 valence electrons. The van der Waals surface area contributed by atoms with Crippen LogP contribution in [0.25, 0.3) is 0 Å². The molecular weight excluding hydrogens is 234 g/mol. The molecule has 1 aliphatic rings. The summed E-state index contributed by atoms with van der Waals surface area (Å²) in [7, 11) is 0. The Labute approximate surface area is 117 Å². The van der Waals surface area contributed by atoms with Crippen LogP contribution in [0.3, 0.4) is 0 Å². The second-order valence-electron chi connectivity index (χ2n) is 6.53. The van der Waals surface area contributed by atoms with Crippen molar-refractivity contribution in [2.75, 3.05) is 13.2 Å². The molecule has 0 bridgehead atoms. The van der Waals surface area contributed by atoms with Crippen molar-refractivity contribution in [3.63, 3.8) is 0 Å². The Morgan fingerprint density at radius 3 is 2.68 bits per heavy atom. The zero-order chi connectivity index (χ0) is 13.7. The second-order valence-corrected chi connectivity index (χ2v) is 6.53. The van der Waals surface area contributed by atoms with Gasteiger partial charge in [0.1, 0.15) is 5.75 Å². The molecule has 2 nitrogen and oxygen atoms in total. The predicted molar refractivity (Wildman–Crippen MR) is 80.9 cm³/mol. The van der Waals surface area contributed by atoms with Crippen LogP contribution >= 0.6 is 0 Å². The molecule has 0 amide bonds. The summed E-state index contributed by atoms with van der Waals surface area (Å²) in [5.74, 6) is 1.05. The summed E-state index contributed by atoms with van der Waals surface area (Å²) in [4.78, 5) is 0. The van der Waals surface area contributed by atoms with Crippen LogP contribution in [-0.4, -0.2) is 19.2 Å². The SMILES string of the molecule is CC(C)(C)c1ccccc1OCC[C@H]1CCCCN1. The monoisotopic (exact) mass is 261 g/mol. The van der Waals surface area contributed by atoms with Gasteiger partial charge in [-0.3, -0.25) is 0 Å². The summed E-state index contributed by atoms with van der Waals surface area (Å²) in [5, 5.41) is 3.57. The topological polar surface area (TPSA) is 21.3 Å². The van der Waals surface area contributed by atoms with E-state index in [4.69, 9.17) is 4.74 Å². The third-order valence-electron chi connectivity index (χ3n) is 3.83. The minimum atomic E-state index is 0.139. The molecule has 0 aliphatic carbocycles. The van der Waals surface area contributed by atoms with Crippen molar-refractivity contribution in [3.05, 3.63) is 29.8 Å². The van der Waals surface area contributed by atoms with Crippen molar-refractivity contribution in [3.8, 4) is 5.75 Å². The molecule has 19 heavy (non-hydrogen) atoms. The van der Waals surface area contributed by atoms with Gasteiger partial charge in [-0.05, 0) is 42.9 Å². The Bertz CT molecular complexity index is 388. The maximum atomic E-state index is 6.03. The van der Waals surface area contributed by atoms with Gasteiger partial charge in [-0.1, -0.05) is 45.4 Å². The molecule has 1 aliphatic heterocycles. The number of piperidine rings is 1. The van der Waals surface area contributed by atoms with E-state index in [0.717, 1.165) is 18.8 Å². The molecule has 2 heteroatoms. The molecule has 1 saturated heterocycles. The summed E-state index contributed by atoms with van der Waals surface area (Å²) in [5.41, 5.74) is 1.44. The van der Waals surface area contributed by atoms with E-state index >= 15 is 0 Å². The van der Waals surface area contributed by atoms with Gasteiger partial charge in [-0.15, -0.1) is 0 Å². The third kappa shape index (κ3) is 4.24. The van der Waals surface area contributed by atoms with E-state index in [9.17, 15) is 0 Å². The second kappa shape index (κ2) is 6.42. The minimum absolute atomic E-state index is 0.139. The van der Waals surface area contributed by atoms with Crippen molar-refractivity contribution in [1.82, 2.24) is 5.32 Å². The quantitative estimate of drug-likeness (QED) is 0.887. The molecular formula is C17H27NO. The fraction of sp³-hybridized carbons (Fsp3) is 0.647. The van der Waals surface area contributed by atoms with Crippen molar-refractivity contribution >= 4 is 0 Å². The first-order valence-corrected chi connectivity index (χ1v) is 7.53. The fourth-order valence-corrected chi connectivity index (χ4v) is 2.69. The standard InChI is InChI=1S/C17H27NO/c1-17(2,3)15-9-4-5-10-16(15)19-13-11-14-8-6-7-12-18-14/h4-5,9-10,14,18H,6-8,11-13H2,1-3H3/t14-/m1/s1. The van der Waals surface area contributed by atoms with Crippen LogP contribution in [0.4, 0.5) is 0 Å². The first-order chi connectivity index (χ1) is 9.07. The normalized spacial score (nSPS) is 20.3. The van der Waals surface area contributed by atoms with Crippen molar-refractivity contribution in [2.45, 2.75) is 57.9 Å². The van der Waals surface area contributed by atoms with Gasteiger partial charge in [0.25, 0.3) is 0 Å². The molecule has 0 spiro atoms. The lowest BCUT2D eigenvalue weighted by Crippen LogP contribution is -2.35. The Morgan fingerprint density at radius 1 is 1.21 bits per heavy atom. The first kappa shape index (κ1) is 14.4. The van der Waals surface area contributed by atoms with E-state index in [2.05, 4.69) is 50.4 Å². The molecule has 0 saturated carbocycles. The number of rotatable bonds is 4. The smallest absolute Gasteiger partial charge is 0.123 e. The molecule has 1 aromatic rings. The fourth-order valence-electron chi connectivity index (χ4n) is 2.69. The molecule has 0 unspecified atom stereocenters. The largest absolute Gasteiger partial charge is 0.493 e. The van der Waals surface area contributed by atoms with E-state index in [1.165, 1.54) is 31.4 Å². The summed E-state index contributed by atoms with van der Waals surface area (Å²) < 4.78 is 6.03. The van der Waals surface area contributed by atoms with Crippen molar-refractivity contribution < 1.29 is 4.74 Å². The summed E-state index contributed by atoms with van der Waals surface area (Å²) in [6, 6.07) is 9.07. The highest BCUT2D eigenvalue weighted by Gasteiger charge is 2.18. The molecule has 2 rings (SSSR count). The Hall–Kier alpha value is -1.02. The highest BCUT2D eigenvalue weighted by atomic mass is 16.5. The van der Waals surface area contributed by atoms with Gasteiger partial charge in [0.15, 0.2) is 0 Å². The lowest BCUT2D eigenvalue weighted by atomic mass is 9.86. The highest BCUT2D eigenvalue weighted by Crippen LogP contribution is 2.31. The van der Waals surface area contributed by atoms with Gasteiger partial charge in [0, 0.05) is 6.04 Å². The average molecular weight is 261 g/mol. The van der Waals surface area contributed by atoms with Gasteiger partial charge in [0.2, 0.25) is 0 Å². The van der Waals surface area contributed by atoms with Crippen LogP contribution in [-0.2, 0) is 5.41 Å². The average Bonchev–Trinajstić information content (AvgIpc) is 2.39. The van der Waals surface area contributed by atoms with Crippen LogP contribution in [0.15, 0.2) is 24.3 Å². The third-order valence-corrected chi connectivity index (χ3v) is 3.83. The number of ether oxygens (including phenoxy) is 1. The lowest BCUT2D eigenvalue weighted by molar-refractivity contribution is 0.263. The Morgan fingerprint density at radius 2 is 2.00 bits per heavy atom. The molecule has 0 radical (unpaired) electrons. The van der Waals surface area contributed by atoms with Gasteiger partial charge >= 0.3 is 0 Å².